The van der Waals surface area contributed by atoms with Gasteiger partial charge >= 0.3 is 18.0 Å². The maximum absolute atomic E-state index is 11.5. The summed E-state index contributed by atoms with van der Waals surface area (Å²) in [6.07, 6.45) is -0.655. The Balaban J connectivity index is 4.28. The lowest BCUT2D eigenvalue weighted by Crippen LogP contribution is -2.48. The van der Waals surface area contributed by atoms with Gasteiger partial charge in [-0.05, 0) is 11.3 Å². The van der Waals surface area contributed by atoms with Gasteiger partial charge < -0.3 is 20.8 Å². The molecule has 19 heavy (non-hydrogen) atoms. The van der Waals surface area contributed by atoms with Crippen LogP contribution in [0.2, 0.25) is 0 Å². The second-order valence-electron chi connectivity index (χ2n) is 5.61. The topological polar surface area (TPSA) is 116 Å². The van der Waals surface area contributed by atoms with Gasteiger partial charge in [0.25, 0.3) is 0 Å². The molecule has 0 heterocycles. The van der Waals surface area contributed by atoms with E-state index in [9.17, 15) is 14.4 Å². The van der Waals surface area contributed by atoms with E-state index in [4.69, 9.17) is 10.2 Å². The minimum Gasteiger partial charge on any atom is -0.481 e. The lowest BCUT2D eigenvalue weighted by Gasteiger charge is -2.27. The molecule has 0 spiro atoms. The molecule has 0 aliphatic rings. The van der Waals surface area contributed by atoms with E-state index in [-0.39, 0.29) is 11.3 Å². The average molecular weight is 274 g/mol. The molecular formula is C12H22N2O5. The second kappa shape index (κ2) is 6.96. The Kier molecular flexibility index (Phi) is 6.31. The highest BCUT2D eigenvalue weighted by Crippen LogP contribution is 2.24. The van der Waals surface area contributed by atoms with E-state index in [2.05, 4.69) is 10.6 Å². The summed E-state index contributed by atoms with van der Waals surface area (Å²) in [6.45, 7) is 8.44. The molecule has 0 bridgehead atoms. The third-order valence-electron chi connectivity index (χ3n) is 3.03. The number of nitrogens with one attached hydrogen (secondary N) is 2. The third kappa shape index (κ3) is 7.28. The van der Waals surface area contributed by atoms with Crippen LogP contribution in [0.25, 0.3) is 0 Å². The van der Waals surface area contributed by atoms with Crippen LogP contribution in [-0.2, 0) is 9.59 Å². The second-order valence-corrected chi connectivity index (χ2v) is 5.61. The van der Waals surface area contributed by atoms with Crippen molar-refractivity contribution in [2.24, 2.45) is 11.3 Å². The van der Waals surface area contributed by atoms with Crippen molar-refractivity contribution < 1.29 is 24.6 Å². The summed E-state index contributed by atoms with van der Waals surface area (Å²) >= 11 is 0. The first-order valence-corrected chi connectivity index (χ1v) is 6.03. The summed E-state index contributed by atoms with van der Waals surface area (Å²) < 4.78 is 0. The number of rotatable bonds is 6. The minimum atomic E-state index is -1.43. The summed E-state index contributed by atoms with van der Waals surface area (Å²) in [5.74, 6) is -2.46. The fourth-order valence-corrected chi connectivity index (χ4v) is 1.14. The van der Waals surface area contributed by atoms with Crippen LogP contribution in [0.1, 0.15) is 34.1 Å². The fraction of sp³-hybridized carbons (Fsp3) is 0.750. The van der Waals surface area contributed by atoms with E-state index in [0.717, 1.165) is 0 Å². The Morgan fingerprint density at radius 3 is 2.05 bits per heavy atom. The van der Waals surface area contributed by atoms with Gasteiger partial charge in [0, 0.05) is 6.54 Å². The van der Waals surface area contributed by atoms with Gasteiger partial charge in [-0.25, -0.2) is 9.59 Å². The maximum atomic E-state index is 11.5. The third-order valence-corrected chi connectivity index (χ3v) is 3.03. The molecule has 2 amide bonds. The Bertz CT molecular complexity index is 349. The van der Waals surface area contributed by atoms with Crippen LogP contribution in [0.3, 0.4) is 0 Å². The van der Waals surface area contributed by atoms with Crippen LogP contribution >= 0.6 is 0 Å². The van der Waals surface area contributed by atoms with Crippen molar-refractivity contribution in [2.75, 3.05) is 6.54 Å². The van der Waals surface area contributed by atoms with Crippen molar-refractivity contribution in [3.8, 4) is 0 Å². The summed E-state index contributed by atoms with van der Waals surface area (Å²) in [5.41, 5.74) is 0.0144. The zero-order valence-corrected chi connectivity index (χ0v) is 11.7. The van der Waals surface area contributed by atoms with Crippen LogP contribution in [-0.4, -0.2) is 40.8 Å². The van der Waals surface area contributed by atoms with Crippen molar-refractivity contribution in [3.05, 3.63) is 0 Å². The van der Waals surface area contributed by atoms with E-state index in [1.165, 1.54) is 0 Å². The normalized spacial score (nSPS) is 14.3. The predicted molar refractivity (Wildman–Crippen MR) is 68.8 cm³/mol. The van der Waals surface area contributed by atoms with E-state index < -0.39 is 30.4 Å². The lowest BCUT2D eigenvalue weighted by atomic mass is 9.82. The summed E-state index contributed by atoms with van der Waals surface area (Å²) in [7, 11) is 0. The van der Waals surface area contributed by atoms with Crippen LogP contribution in [0.4, 0.5) is 4.79 Å². The fourth-order valence-electron chi connectivity index (χ4n) is 1.14. The summed E-state index contributed by atoms with van der Waals surface area (Å²) in [5, 5.41) is 22.0. The number of carboxylic acid groups (broad SMARTS) is 2. The molecule has 110 valence electrons. The first-order chi connectivity index (χ1) is 8.54. The summed E-state index contributed by atoms with van der Waals surface area (Å²) in [4.78, 5) is 32.7. The van der Waals surface area contributed by atoms with Crippen LogP contribution in [0, 0.1) is 11.3 Å². The Labute approximate surface area is 112 Å². The lowest BCUT2D eigenvalue weighted by molar-refractivity contribution is -0.145. The first kappa shape index (κ1) is 17.2. The van der Waals surface area contributed by atoms with Gasteiger partial charge in [-0.15, -0.1) is 0 Å². The molecule has 7 heteroatoms. The number of urea groups is 1. The largest absolute Gasteiger partial charge is 0.481 e. The highest BCUT2D eigenvalue weighted by molar-refractivity contribution is 5.86. The molecule has 0 fully saturated rings. The molecule has 7 nitrogen and oxygen atoms in total. The molecule has 0 aromatic heterocycles. The highest BCUT2D eigenvalue weighted by Gasteiger charge is 2.24. The number of aliphatic carboxylic acids is 2. The Hall–Kier alpha value is -1.79. The molecule has 0 aromatic carbocycles. The van der Waals surface area contributed by atoms with Crippen molar-refractivity contribution in [1.29, 1.82) is 0 Å². The van der Waals surface area contributed by atoms with Gasteiger partial charge in [-0.3, -0.25) is 4.79 Å². The smallest absolute Gasteiger partial charge is 0.326 e. The number of carboxylic acids is 2. The molecule has 0 aliphatic carbocycles. The summed E-state index contributed by atoms with van der Waals surface area (Å²) in [6, 6.07) is -2.10. The number of carbonyl (C=O) groups excluding carboxylic acids is 1. The van der Waals surface area contributed by atoms with Gasteiger partial charge in [-0.2, -0.15) is 0 Å². The quantitative estimate of drug-likeness (QED) is 0.574. The maximum Gasteiger partial charge on any atom is 0.326 e. The van der Waals surface area contributed by atoms with Gasteiger partial charge in [0.1, 0.15) is 6.04 Å². The number of hydrogen-bond donors (Lipinski definition) is 4. The number of carbonyl (C=O) groups is 3. The van der Waals surface area contributed by atoms with Gasteiger partial charge in [0.2, 0.25) is 0 Å². The molecule has 2 unspecified atom stereocenters. The zero-order valence-electron chi connectivity index (χ0n) is 11.7. The zero-order chi connectivity index (χ0) is 15.2. The molecule has 0 rings (SSSR count). The predicted octanol–water partition coefficient (Wildman–Crippen LogP) is 0.896. The Morgan fingerprint density at radius 1 is 1.16 bits per heavy atom. The van der Waals surface area contributed by atoms with Crippen molar-refractivity contribution >= 4 is 18.0 Å². The van der Waals surface area contributed by atoms with Crippen LogP contribution in [0.5, 0.6) is 0 Å². The average Bonchev–Trinajstić information content (AvgIpc) is 2.22. The van der Waals surface area contributed by atoms with Crippen LogP contribution in [0.15, 0.2) is 0 Å². The van der Waals surface area contributed by atoms with Crippen molar-refractivity contribution in [1.82, 2.24) is 10.6 Å². The standard InChI is InChI=1S/C12H22N2O5/c1-7(12(2,3)4)6-13-11(19)14-8(10(17)18)5-9(15)16/h7-8H,5-6H2,1-4H3,(H,15,16)(H,17,18)(H2,13,14,19). The molecule has 2 atom stereocenters. The monoisotopic (exact) mass is 274 g/mol. The number of amides is 2. The van der Waals surface area contributed by atoms with Gasteiger partial charge in [-0.1, -0.05) is 27.7 Å². The number of hydrogen-bond acceptors (Lipinski definition) is 3. The molecular weight excluding hydrogens is 252 g/mol. The molecule has 0 aromatic rings. The van der Waals surface area contributed by atoms with E-state index in [1.807, 2.05) is 27.7 Å². The Morgan fingerprint density at radius 2 is 1.68 bits per heavy atom. The van der Waals surface area contributed by atoms with Crippen molar-refractivity contribution in [2.45, 2.75) is 40.2 Å². The molecule has 0 saturated carbocycles. The van der Waals surface area contributed by atoms with E-state index >= 15 is 0 Å². The van der Waals surface area contributed by atoms with Gasteiger partial charge in [0.05, 0.1) is 6.42 Å². The van der Waals surface area contributed by atoms with E-state index in [1.54, 1.807) is 0 Å². The van der Waals surface area contributed by atoms with Crippen LogP contribution < -0.4 is 10.6 Å². The molecule has 0 radical (unpaired) electrons. The van der Waals surface area contributed by atoms with Crippen molar-refractivity contribution in [3.63, 3.8) is 0 Å². The first-order valence-electron chi connectivity index (χ1n) is 6.03. The molecule has 0 aliphatic heterocycles. The molecule has 0 saturated heterocycles. The van der Waals surface area contributed by atoms with Gasteiger partial charge in [0.15, 0.2) is 0 Å². The molecule has 4 N–H and O–H groups in total. The minimum absolute atomic E-state index is 0.0144. The SMILES string of the molecule is CC(CNC(=O)NC(CC(=O)O)C(=O)O)C(C)(C)C. The van der Waals surface area contributed by atoms with E-state index in [0.29, 0.717) is 6.54 Å². The highest BCUT2D eigenvalue weighted by atomic mass is 16.4.